The van der Waals surface area contributed by atoms with Gasteiger partial charge in [0.15, 0.2) is 17.5 Å². The molecule has 5 nitrogen and oxygen atoms in total. The molecule has 96 valence electrons. The lowest BCUT2D eigenvalue weighted by Gasteiger charge is -2.10. The van der Waals surface area contributed by atoms with Gasteiger partial charge in [-0.1, -0.05) is 0 Å². The zero-order valence-corrected chi connectivity index (χ0v) is 8.89. The van der Waals surface area contributed by atoms with Crippen LogP contribution in [-0.2, 0) is 9.59 Å². The van der Waals surface area contributed by atoms with Crippen molar-refractivity contribution < 1.29 is 22.8 Å². The fraction of sp³-hybridized carbons (Fsp3) is 0.200. The predicted octanol–water partition coefficient (Wildman–Crippen LogP) is 0.435. The minimum Gasteiger partial charge on any atom is -0.322 e. The van der Waals surface area contributed by atoms with Gasteiger partial charge in [0.05, 0.1) is 12.1 Å². The van der Waals surface area contributed by atoms with Gasteiger partial charge in [0.25, 0.3) is 0 Å². The molecule has 1 heterocycles. The van der Waals surface area contributed by atoms with Gasteiger partial charge in [-0.05, 0) is 12.1 Å². The van der Waals surface area contributed by atoms with Crippen LogP contribution in [0.4, 0.5) is 18.9 Å². The highest BCUT2D eigenvalue weighted by Crippen LogP contribution is 2.20. The number of hydrazine groups is 1. The first kappa shape index (κ1) is 12.4. The standard InChI is InChI=1S/C10H8F3N3O2/c11-4-1-2-5(9(13)8(4)12)14-10(18)6-3-7(17)16-15-6/h1-2,6,15H,3H2,(H,14,18)(H,16,17). The fourth-order valence-corrected chi connectivity index (χ4v) is 1.46. The second kappa shape index (κ2) is 4.65. The normalized spacial score (nSPS) is 18.6. The number of halogens is 3. The lowest BCUT2D eigenvalue weighted by Crippen LogP contribution is -2.39. The van der Waals surface area contributed by atoms with Crippen LogP contribution in [0.1, 0.15) is 6.42 Å². The molecule has 2 amide bonds. The van der Waals surface area contributed by atoms with E-state index in [0.717, 1.165) is 6.07 Å². The van der Waals surface area contributed by atoms with Crippen LogP contribution in [-0.4, -0.2) is 17.9 Å². The molecule has 3 N–H and O–H groups in total. The van der Waals surface area contributed by atoms with Crippen LogP contribution in [0, 0.1) is 17.5 Å². The van der Waals surface area contributed by atoms with Crippen LogP contribution in [0.2, 0.25) is 0 Å². The molecule has 0 radical (unpaired) electrons. The molecule has 1 aliphatic heterocycles. The van der Waals surface area contributed by atoms with Crippen LogP contribution in [0.5, 0.6) is 0 Å². The topological polar surface area (TPSA) is 70.2 Å². The minimum absolute atomic E-state index is 0.114. The van der Waals surface area contributed by atoms with Gasteiger partial charge in [-0.25, -0.2) is 18.6 Å². The van der Waals surface area contributed by atoms with Gasteiger partial charge in [-0.15, -0.1) is 0 Å². The van der Waals surface area contributed by atoms with Crippen LogP contribution in [0.25, 0.3) is 0 Å². The predicted molar refractivity (Wildman–Crippen MR) is 54.6 cm³/mol. The van der Waals surface area contributed by atoms with E-state index in [1.54, 1.807) is 0 Å². The molecule has 1 saturated heterocycles. The van der Waals surface area contributed by atoms with Gasteiger partial charge in [-0.2, -0.15) is 0 Å². The summed E-state index contributed by atoms with van der Waals surface area (Å²) < 4.78 is 38.8. The number of hydrogen-bond acceptors (Lipinski definition) is 3. The molecule has 0 bridgehead atoms. The molecule has 1 aromatic rings. The maximum Gasteiger partial charge on any atom is 0.243 e. The fourth-order valence-electron chi connectivity index (χ4n) is 1.46. The van der Waals surface area contributed by atoms with Crippen molar-refractivity contribution in [3.8, 4) is 0 Å². The van der Waals surface area contributed by atoms with Crippen molar-refractivity contribution in [1.82, 2.24) is 10.9 Å². The Hall–Kier alpha value is -2.09. The molecule has 1 aromatic carbocycles. The zero-order valence-electron chi connectivity index (χ0n) is 8.89. The maximum atomic E-state index is 13.3. The van der Waals surface area contributed by atoms with E-state index in [1.807, 2.05) is 0 Å². The van der Waals surface area contributed by atoms with E-state index < -0.39 is 35.1 Å². The summed E-state index contributed by atoms with van der Waals surface area (Å²) >= 11 is 0. The van der Waals surface area contributed by atoms with E-state index in [0.29, 0.717) is 6.07 Å². The smallest absolute Gasteiger partial charge is 0.243 e. The van der Waals surface area contributed by atoms with Crippen molar-refractivity contribution in [1.29, 1.82) is 0 Å². The van der Waals surface area contributed by atoms with E-state index in [2.05, 4.69) is 16.2 Å². The highest BCUT2D eigenvalue weighted by molar-refractivity contribution is 5.99. The summed E-state index contributed by atoms with van der Waals surface area (Å²) in [7, 11) is 0. The summed E-state index contributed by atoms with van der Waals surface area (Å²) in [5.41, 5.74) is 4.08. The van der Waals surface area contributed by atoms with Gasteiger partial charge in [0.2, 0.25) is 11.8 Å². The summed E-state index contributed by atoms with van der Waals surface area (Å²) in [5, 5.41) is 2.07. The third-order valence-corrected chi connectivity index (χ3v) is 2.38. The largest absolute Gasteiger partial charge is 0.322 e. The molecule has 0 spiro atoms. The molecule has 1 aliphatic rings. The van der Waals surface area contributed by atoms with Gasteiger partial charge < -0.3 is 5.32 Å². The number of anilines is 1. The summed E-state index contributed by atoms with van der Waals surface area (Å²) in [6, 6.07) is 0.708. The molecule has 0 aromatic heterocycles. The zero-order chi connectivity index (χ0) is 13.3. The third kappa shape index (κ3) is 2.28. The summed E-state index contributed by atoms with van der Waals surface area (Å²) in [4.78, 5) is 22.4. The summed E-state index contributed by atoms with van der Waals surface area (Å²) in [6.07, 6.45) is -0.114. The van der Waals surface area contributed by atoms with Gasteiger partial charge in [0.1, 0.15) is 6.04 Å². The minimum atomic E-state index is -1.67. The number of hydrogen-bond donors (Lipinski definition) is 3. The molecule has 2 rings (SSSR count). The lowest BCUT2D eigenvalue weighted by molar-refractivity contribution is -0.121. The van der Waals surface area contributed by atoms with E-state index in [9.17, 15) is 22.8 Å². The summed E-state index contributed by atoms with van der Waals surface area (Å²) in [5.74, 6) is -5.61. The monoisotopic (exact) mass is 259 g/mol. The van der Waals surface area contributed by atoms with Crippen molar-refractivity contribution in [3.05, 3.63) is 29.6 Å². The Morgan fingerprint density at radius 1 is 1.28 bits per heavy atom. The molecule has 8 heteroatoms. The first-order valence-electron chi connectivity index (χ1n) is 4.98. The quantitative estimate of drug-likeness (QED) is 0.675. The Balaban J connectivity index is 2.12. The van der Waals surface area contributed by atoms with Crippen molar-refractivity contribution in [3.63, 3.8) is 0 Å². The first-order valence-corrected chi connectivity index (χ1v) is 4.98. The maximum absolute atomic E-state index is 13.3. The Labute approximate surface area is 99.3 Å². The molecular weight excluding hydrogens is 251 g/mol. The van der Waals surface area contributed by atoms with Gasteiger partial charge >= 0.3 is 0 Å². The molecule has 0 saturated carbocycles. The molecule has 0 aliphatic carbocycles. The summed E-state index contributed by atoms with van der Waals surface area (Å²) in [6.45, 7) is 0. The van der Waals surface area contributed by atoms with E-state index in [-0.39, 0.29) is 12.3 Å². The number of amides is 2. The highest BCUT2D eigenvalue weighted by atomic mass is 19.2. The van der Waals surface area contributed by atoms with Gasteiger partial charge in [0, 0.05) is 0 Å². The molecule has 1 fully saturated rings. The lowest BCUT2D eigenvalue weighted by atomic mass is 10.2. The van der Waals surface area contributed by atoms with Crippen LogP contribution >= 0.6 is 0 Å². The number of benzene rings is 1. The average Bonchev–Trinajstić information content (AvgIpc) is 2.77. The Kier molecular flexibility index (Phi) is 3.19. The van der Waals surface area contributed by atoms with E-state index >= 15 is 0 Å². The first-order chi connectivity index (χ1) is 8.49. The van der Waals surface area contributed by atoms with Crippen molar-refractivity contribution in [2.24, 2.45) is 0 Å². The third-order valence-electron chi connectivity index (χ3n) is 2.38. The van der Waals surface area contributed by atoms with Crippen LogP contribution < -0.4 is 16.2 Å². The van der Waals surface area contributed by atoms with Crippen molar-refractivity contribution in [2.45, 2.75) is 12.5 Å². The number of carbonyl (C=O) groups excluding carboxylic acids is 2. The highest BCUT2D eigenvalue weighted by Gasteiger charge is 2.28. The van der Waals surface area contributed by atoms with Gasteiger partial charge in [-0.3, -0.25) is 15.0 Å². The van der Waals surface area contributed by atoms with E-state index in [4.69, 9.17) is 0 Å². The number of carbonyl (C=O) groups is 2. The van der Waals surface area contributed by atoms with Crippen LogP contribution in [0.3, 0.4) is 0 Å². The Morgan fingerprint density at radius 2 is 2.00 bits per heavy atom. The molecular formula is C10H8F3N3O2. The van der Waals surface area contributed by atoms with Crippen LogP contribution in [0.15, 0.2) is 12.1 Å². The second-order valence-corrected chi connectivity index (χ2v) is 3.66. The van der Waals surface area contributed by atoms with Crippen molar-refractivity contribution >= 4 is 17.5 Å². The van der Waals surface area contributed by atoms with E-state index in [1.165, 1.54) is 0 Å². The number of rotatable bonds is 2. The average molecular weight is 259 g/mol. The van der Waals surface area contributed by atoms with Crippen molar-refractivity contribution in [2.75, 3.05) is 5.32 Å². The SMILES string of the molecule is O=C1CC(C(=O)Nc2ccc(F)c(F)c2F)NN1. The molecule has 1 atom stereocenters. The Morgan fingerprint density at radius 3 is 2.61 bits per heavy atom. The molecule has 18 heavy (non-hydrogen) atoms. The number of nitrogens with one attached hydrogen (secondary N) is 3. The second-order valence-electron chi connectivity index (χ2n) is 3.66. The Bertz CT molecular complexity index is 521. The molecule has 1 unspecified atom stereocenters.